The Kier molecular flexibility index (Phi) is 4.42. The summed E-state index contributed by atoms with van der Waals surface area (Å²) in [5.41, 5.74) is 8.94. The molecular formula is C16H19N3O2. The van der Waals surface area contributed by atoms with Gasteiger partial charge in [0, 0.05) is 0 Å². The van der Waals surface area contributed by atoms with Crippen LogP contribution in [0.15, 0.2) is 36.4 Å². The quantitative estimate of drug-likeness (QED) is 0.845. The van der Waals surface area contributed by atoms with Crippen molar-refractivity contribution < 1.29 is 9.53 Å². The molecule has 1 aromatic heterocycles. The number of aromatic nitrogens is 1. The van der Waals surface area contributed by atoms with Crippen molar-refractivity contribution in [3.05, 3.63) is 53.2 Å². The molecule has 5 nitrogen and oxygen atoms in total. The van der Waals surface area contributed by atoms with E-state index in [9.17, 15) is 4.79 Å². The highest BCUT2D eigenvalue weighted by atomic mass is 16.5. The number of nitrogen functional groups attached to an aromatic ring is 1. The Morgan fingerprint density at radius 1 is 1.24 bits per heavy atom. The second-order valence-corrected chi connectivity index (χ2v) is 4.90. The molecule has 0 spiro atoms. The van der Waals surface area contributed by atoms with Crippen molar-refractivity contribution in [2.45, 2.75) is 19.9 Å². The van der Waals surface area contributed by atoms with Crippen molar-refractivity contribution in [2.24, 2.45) is 0 Å². The van der Waals surface area contributed by atoms with E-state index >= 15 is 0 Å². The minimum atomic E-state index is -0.485. The lowest BCUT2D eigenvalue weighted by molar-refractivity contribution is 0.0594. The van der Waals surface area contributed by atoms with Crippen molar-refractivity contribution >= 4 is 17.5 Å². The Morgan fingerprint density at radius 2 is 1.90 bits per heavy atom. The molecule has 0 saturated heterocycles. The number of pyridine rings is 1. The predicted octanol–water partition coefficient (Wildman–Crippen LogP) is 2.93. The van der Waals surface area contributed by atoms with Gasteiger partial charge in [0.25, 0.3) is 0 Å². The number of carbonyl (C=O) groups excluding carboxylic acids is 1. The fraction of sp³-hybridized carbons (Fsp3) is 0.250. The number of rotatable bonds is 4. The minimum absolute atomic E-state index is 0.0216. The number of nitrogens with one attached hydrogen (secondary N) is 1. The number of hydrogen-bond acceptors (Lipinski definition) is 5. The third kappa shape index (κ3) is 3.51. The number of nitrogens with zero attached hydrogens (tertiary/aromatic N) is 1. The van der Waals surface area contributed by atoms with Crippen LogP contribution in [0.3, 0.4) is 0 Å². The molecule has 3 N–H and O–H groups in total. The number of anilines is 2. The molecule has 0 amide bonds. The summed E-state index contributed by atoms with van der Waals surface area (Å²) in [4.78, 5) is 15.7. The summed E-state index contributed by atoms with van der Waals surface area (Å²) >= 11 is 0. The Morgan fingerprint density at radius 3 is 2.52 bits per heavy atom. The summed E-state index contributed by atoms with van der Waals surface area (Å²) in [6.07, 6.45) is 0. The third-order valence-corrected chi connectivity index (χ3v) is 3.25. The van der Waals surface area contributed by atoms with Crippen LogP contribution in [0.2, 0.25) is 0 Å². The predicted molar refractivity (Wildman–Crippen MR) is 83.2 cm³/mol. The van der Waals surface area contributed by atoms with Crippen molar-refractivity contribution in [1.29, 1.82) is 0 Å². The van der Waals surface area contributed by atoms with Gasteiger partial charge in [-0.1, -0.05) is 29.8 Å². The Bertz CT molecular complexity index is 638. The second kappa shape index (κ2) is 6.26. The van der Waals surface area contributed by atoms with Gasteiger partial charge in [-0.15, -0.1) is 0 Å². The van der Waals surface area contributed by atoms with Gasteiger partial charge < -0.3 is 15.8 Å². The topological polar surface area (TPSA) is 77.2 Å². The standard InChI is InChI=1S/C16H19N3O2/c1-10-4-6-12(7-5-10)11(2)18-15-13(17)8-9-14(19-15)16(20)21-3/h4-9,11H,17H2,1-3H3,(H,18,19). The molecule has 2 rings (SSSR count). The van der Waals surface area contributed by atoms with Crippen molar-refractivity contribution in [1.82, 2.24) is 4.98 Å². The van der Waals surface area contributed by atoms with Crippen LogP contribution in [0.25, 0.3) is 0 Å². The van der Waals surface area contributed by atoms with Crippen LogP contribution in [0, 0.1) is 6.92 Å². The maximum atomic E-state index is 11.5. The van der Waals surface area contributed by atoms with Gasteiger partial charge in [-0.2, -0.15) is 0 Å². The first kappa shape index (κ1) is 14.8. The fourth-order valence-corrected chi connectivity index (χ4v) is 1.95. The number of aryl methyl sites for hydroxylation is 1. The largest absolute Gasteiger partial charge is 0.464 e. The van der Waals surface area contributed by atoms with Gasteiger partial charge in [0.15, 0.2) is 11.5 Å². The van der Waals surface area contributed by atoms with E-state index in [1.807, 2.05) is 26.0 Å². The molecule has 0 radical (unpaired) electrons. The average Bonchev–Trinajstić information content (AvgIpc) is 2.49. The van der Waals surface area contributed by atoms with Gasteiger partial charge in [0.1, 0.15) is 0 Å². The second-order valence-electron chi connectivity index (χ2n) is 4.90. The number of methoxy groups -OCH3 is 1. The summed E-state index contributed by atoms with van der Waals surface area (Å²) in [7, 11) is 1.32. The van der Waals surface area contributed by atoms with E-state index in [2.05, 4.69) is 27.2 Å². The highest BCUT2D eigenvalue weighted by Crippen LogP contribution is 2.23. The maximum Gasteiger partial charge on any atom is 0.356 e. The summed E-state index contributed by atoms with van der Waals surface area (Å²) in [6, 6.07) is 11.4. The number of ether oxygens (including phenoxy) is 1. The molecule has 0 saturated carbocycles. The smallest absolute Gasteiger partial charge is 0.356 e. The lowest BCUT2D eigenvalue weighted by Crippen LogP contribution is -2.12. The lowest BCUT2D eigenvalue weighted by atomic mass is 10.1. The number of esters is 1. The first-order chi connectivity index (χ1) is 10.0. The van der Waals surface area contributed by atoms with Crippen LogP contribution in [0.5, 0.6) is 0 Å². The van der Waals surface area contributed by atoms with E-state index in [1.54, 1.807) is 12.1 Å². The SMILES string of the molecule is COC(=O)c1ccc(N)c(NC(C)c2ccc(C)cc2)n1. The molecule has 1 heterocycles. The van der Waals surface area contributed by atoms with E-state index in [4.69, 9.17) is 5.73 Å². The van der Waals surface area contributed by atoms with Gasteiger partial charge in [-0.25, -0.2) is 9.78 Å². The molecule has 0 fully saturated rings. The number of hydrogen-bond donors (Lipinski definition) is 2. The Hall–Kier alpha value is -2.56. The first-order valence-electron chi connectivity index (χ1n) is 6.69. The monoisotopic (exact) mass is 285 g/mol. The van der Waals surface area contributed by atoms with Crippen molar-refractivity contribution in [3.8, 4) is 0 Å². The van der Waals surface area contributed by atoms with Crippen LogP contribution in [-0.2, 0) is 4.74 Å². The first-order valence-corrected chi connectivity index (χ1v) is 6.69. The van der Waals surface area contributed by atoms with Gasteiger partial charge in [0.05, 0.1) is 18.8 Å². The maximum absolute atomic E-state index is 11.5. The lowest BCUT2D eigenvalue weighted by Gasteiger charge is -2.17. The molecule has 0 aliphatic carbocycles. The van der Waals surface area contributed by atoms with Gasteiger partial charge in [0.2, 0.25) is 0 Å². The van der Waals surface area contributed by atoms with E-state index in [0.717, 1.165) is 5.56 Å². The van der Waals surface area contributed by atoms with Crippen LogP contribution in [-0.4, -0.2) is 18.1 Å². The highest BCUT2D eigenvalue weighted by molar-refractivity contribution is 5.88. The van der Waals surface area contributed by atoms with Crippen LogP contribution in [0.4, 0.5) is 11.5 Å². The van der Waals surface area contributed by atoms with Crippen molar-refractivity contribution in [3.63, 3.8) is 0 Å². The summed E-state index contributed by atoms with van der Waals surface area (Å²) in [5.74, 6) is -0.00739. The van der Waals surface area contributed by atoms with Crippen LogP contribution >= 0.6 is 0 Å². The van der Waals surface area contributed by atoms with Gasteiger partial charge >= 0.3 is 5.97 Å². The van der Waals surface area contributed by atoms with Gasteiger partial charge in [-0.05, 0) is 31.5 Å². The molecule has 1 atom stereocenters. The molecule has 5 heteroatoms. The molecule has 21 heavy (non-hydrogen) atoms. The molecule has 1 aromatic carbocycles. The highest BCUT2D eigenvalue weighted by Gasteiger charge is 2.13. The average molecular weight is 285 g/mol. The third-order valence-electron chi connectivity index (χ3n) is 3.25. The fourth-order valence-electron chi connectivity index (χ4n) is 1.95. The summed E-state index contributed by atoms with van der Waals surface area (Å²) in [6.45, 7) is 4.05. The van der Waals surface area contributed by atoms with E-state index in [-0.39, 0.29) is 11.7 Å². The molecule has 0 aliphatic rings. The normalized spacial score (nSPS) is 11.8. The molecule has 2 aromatic rings. The molecule has 0 aliphatic heterocycles. The zero-order valence-corrected chi connectivity index (χ0v) is 12.4. The van der Waals surface area contributed by atoms with Crippen molar-refractivity contribution in [2.75, 3.05) is 18.2 Å². The number of benzene rings is 1. The van der Waals surface area contributed by atoms with Crippen LogP contribution in [0.1, 0.15) is 34.6 Å². The molecule has 1 unspecified atom stereocenters. The summed E-state index contributed by atoms with van der Waals surface area (Å²) < 4.78 is 4.66. The zero-order chi connectivity index (χ0) is 15.4. The minimum Gasteiger partial charge on any atom is -0.464 e. The van der Waals surface area contributed by atoms with E-state index in [1.165, 1.54) is 12.7 Å². The zero-order valence-electron chi connectivity index (χ0n) is 12.4. The van der Waals surface area contributed by atoms with E-state index in [0.29, 0.717) is 11.5 Å². The van der Waals surface area contributed by atoms with Gasteiger partial charge in [-0.3, -0.25) is 0 Å². The molecule has 110 valence electrons. The summed E-state index contributed by atoms with van der Waals surface area (Å²) in [5, 5.41) is 3.22. The van der Waals surface area contributed by atoms with Crippen LogP contribution < -0.4 is 11.1 Å². The number of nitrogens with two attached hydrogens (primary N) is 1. The molecule has 0 bridgehead atoms. The number of carbonyl (C=O) groups is 1. The van der Waals surface area contributed by atoms with E-state index < -0.39 is 5.97 Å². The molecular weight excluding hydrogens is 266 g/mol. The Labute approximate surface area is 124 Å². The Balaban J connectivity index is 2.22.